The fraction of sp³-hybridized carbons (Fsp3) is 0.625. The predicted octanol–water partition coefficient (Wildman–Crippen LogP) is 4.17. The quantitative estimate of drug-likeness (QED) is 0.772. The molecule has 0 aliphatic heterocycles. The van der Waals surface area contributed by atoms with Crippen molar-refractivity contribution in [3.05, 3.63) is 35.4 Å². The Kier molecular flexibility index (Phi) is 17.5. The molecule has 0 aromatic heterocycles. The van der Waals surface area contributed by atoms with Gasteiger partial charge in [-0.1, -0.05) is 58.9 Å². The first-order valence-corrected chi connectivity index (χ1v) is 7.22. The van der Waals surface area contributed by atoms with Gasteiger partial charge in [0.1, 0.15) is 0 Å². The van der Waals surface area contributed by atoms with Crippen LogP contribution in [-0.2, 0) is 17.8 Å². The molecule has 0 bridgehead atoms. The normalized spacial score (nSPS) is 8.78. The largest absolute Gasteiger partial charge is 0.377 e. The third kappa shape index (κ3) is 10.3. The summed E-state index contributed by atoms with van der Waals surface area (Å²) >= 11 is 0. The zero-order valence-electron chi connectivity index (χ0n) is 12.8. The van der Waals surface area contributed by atoms with Crippen LogP contribution in [0.25, 0.3) is 0 Å². The third-order valence-corrected chi connectivity index (χ3v) is 2.16. The minimum atomic E-state index is 0.702. The molecule has 0 amide bonds. The summed E-state index contributed by atoms with van der Waals surface area (Å²) in [6, 6.07) is 8.52. The Morgan fingerprint density at radius 3 is 2.22 bits per heavy atom. The molecular weight excluding hydrogens is 222 g/mol. The Bertz CT molecular complexity index is 261. The predicted molar refractivity (Wildman–Crippen MR) is 81.8 cm³/mol. The molecule has 0 saturated heterocycles. The average Bonchev–Trinajstić information content (AvgIpc) is 2.48. The van der Waals surface area contributed by atoms with Gasteiger partial charge in [-0.05, 0) is 30.5 Å². The number of ether oxygens (including phenoxy) is 1. The van der Waals surface area contributed by atoms with Gasteiger partial charge in [0.2, 0.25) is 0 Å². The minimum absolute atomic E-state index is 0.702. The topological polar surface area (TPSA) is 35.2 Å². The highest BCUT2D eigenvalue weighted by molar-refractivity contribution is 5.22. The van der Waals surface area contributed by atoms with Crippen molar-refractivity contribution >= 4 is 0 Å². The summed E-state index contributed by atoms with van der Waals surface area (Å²) in [5.74, 6) is 0. The van der Waals surface area contributed by atoms with Gasteiger partial charge in [0, 0.05) is 6.61 Å². The SMILES string of the molecule is CC.CC.CCc1cccc(COCCCN)c1. The molecule has 106 valence electrons. The smallest absolute Gasteiger partial charge is 0.0716 e. The second kappa shape index (κ2) is 16.1. The Balaban J connectivity index is 0. The number of hydrogen-bond donors (Lipinski definition) is 1. The van der Waals surface area contributed by atoms with E-state index < -0.39 is 0 Å². The van der Waals surface area contributed by atoms with Crippen LogP contribution in [-0.4, -0.2) is 13.2 Å². The van der Waals surface area contributed by atoms with Gasteiger partial charge in [-0.15, -0.1) is 0 Å². The molecule has 0 fully saturated rings. The van der Waals surface area contributed by atoms with Gasteiger partial charge >= 0.3 is 0 Å². The van der Waals surface area contributed by atoms with Crippen molar-refractivity contribution in [3.8, 4) is 0 Å². The van der Waals surface area contributed by atoms with Gasteiger partial charge in [0.15, 0.2) is 0 Å². The van der Waals surface area contributed by atoms with E-state index in [1.54, 1.807) is 0 Å². The van der Waals surface area contributed by atoms with Crippen molar-refractivity contribution in [3.63, 3.8) is 0 Å². The van der Waals surface area contributed by atoms with Crippen LogP contribution in [0, 0.1) is 0 Å². The first-order valence-electron chi connectivity index (χ1n) is 7.22. The zero-order chi connectivity index (χ0) is 14.2. The fourth-order valence-electron chi connectivity index (χ4n) is 1.31. The van der Waals surface area contributed by atoms with E-state index in [0.717, 1.165) is 19.4 Å². The van der Waals surface area contributed by atoms with E-state index >= 15 is 0 Å². The first-order chi connectivity index (χ1) is 8.86. The second-order valence-corrected chi connectivity index (χ2v) is 3.37. The van der Waals surface area contributed by atoms with Gasteiger partial charge in [-0.2, -0.15) is 0 Å². The summed E-state index contributed by atoms with van der Waals surface area (Å²) in [4.78, 5) is 0. The highest BCUT2D eigenvalue weighted by Crippen LogP contribution is 2.07. The first kappa shape index (κ1) is 19.5. The van der Waals surface area contributed by atoms with Crippen LogP contribution in [0.3, 0.4) is 0 Å². The van der Waals surface area contributed by atoms with E-state index in [1.807, 2.05) is 27.7 Å². The van der Waals surface area contributed by atoms with Crippen LogP contribution >= 0.6 is 0 Å². The van der Waals surface area contributed by atoms with Crippen molar-refractivity contribution < 1.29 is 4.74 Å². The Hall–Kier alpha value is -0.860. The molecule has 0 atom stereocenters. The van der Waals surface area contributed by atoms with E-state index in [9.17, 15) is 0 Å². The lowest BCUT2D eigenvalue weighted by molar-refractivity contribution is 0.120. The fourth-order valence-corrected chi connectivity index (χ4v) is 1.31. The second-order valence-electron chi connectivity index (χ2n) is 3.37. The molecule has 1 aromatic carbocycles. The van der Waals surface area contributed by atoms with Gasteiger partial charge < -0.3 is 10.5 Å². The molecule has 0 spiro atoms. The zero-order valence-corrected chi connectivity index (χ0v) is 12.8. The van der Waals surface area contributed by atoms with Crippen LogP contribution in [0.5, 0.6) is 0 Å². The van der Waals surface area contributed by atoms with Gasteiger partial charge in [-0.3, -0.25) is 0 Å². The van der Waals surface area contributed by atoms with Crippen LogP contribution in [0.2, 0.25) is 0 Å². The number of nitrogens with two attached hydrogens (primary N) is 1. The van der Waals surface area contributed by atoms with Crippen molar-refractivity contribution in [2.45, 2.75) is 54.1 Å². The lowest BCUT2D eigenvalue weighted by Gasteiger charge is -2.04. The number of benzene rings is 1. The van der Waals surface area contributed by atoms with E-state index in [1.165, 1.54) is 11.1 Å². The van der Waals surface area contributed by atoms with Crippen LogP contribution in [0.4, 0.5) is 0 Å². The van der Waals surface area contributed by atoms with Crippen LogP contribution < -0.4 is 5.73 Å². The number of rotatable bonds is 6. The van der Waals surface area contributed by atoms with Gasteiger partial charge in [0.25, 0.3) is 0 Å². The Labute approximate surface area is 114 Å². The van der Waals surface area contributed by atoms with Crippen molar-refractivity contribution in [1.29, 1.82) is 0 Å². The molecule has 1 rings (SSSR count). The van der Waals surface area contributed by atoms with E-state index in [-0.39, 0.29) is 0 Å². The summed E-state index contributed by atoms with van der Waals surface area (Å²) in [6.45, 7) is 12.3. The molecule has 1 aromatic rings. The lowest BCUT2D eigenvalue weighted by atomic mass is 10.1. The molecule has 0 unspecified atom stereocenters. The van der Waals surface area contributed by atoms with Gasteiger partial charge in [0.05, 0.1) is 6.61 Å². The van der Waals surface area contributed by atoms with Crippen molar-refractivity contribution in [2.75, 3.05) is 13.2 Å². The number of aryl methyl sites for hydroxylation is 1. The maximum absolute atomic E-state index is 5.48. The summed E-state index contributed by atoms with van der Waals surface area (Å²) < 4.78 is 5.48. The van der Waals surface area contributed by atoms with Crippen molar-refractivity contribution in [2.24, 2.45) is 5.73 Å². The molecule has 2 heteroatoms. The molecule has 0 aliphatic rings. The molecule has 2 nitrogen and oxygen atoms in total. The molecule has 0 heterocycles. The summed E-state index contributed by atoms with van der Waals surface area (Å²) in [7, 11) is 0. The highest BCUT2D eigenvalue weighted by Gasteiger charge is 1.94. The van der Waals surface area contributed by atoms with Crippen molar-refractivity contribution in [1.82, 2.24) is 0 Å². The third-order valence-electron chi connectivity index (χ3n) is 2.16. The molecule has 2 N–H and O–H groups in total. The molecular formula is C16H31NO. The molecule has 0 saturated carbocycles. The Morgan fingerprint density at radius 2 is 1.67 bits per heavy atom. The monoisotopic (exact) mass is 253 g/mol. The summed E-state index contributed by atoms with van der Waals surface area (Å²) in [5, 5.41) is 0. The van der Waals surface area contributed by atoms with Crippen LogP contribution in [0.1, 0.15) is 52.2 Å². The molecule has 18 heavy (non-hydrogen) atoms. The average molecular weight is 253 g/mol. The summed E-state index contributed by atoms with van der Waals surface area (Å²) in [6.07, 6.45) is 2.02. The van der Waals surface area contributed by atoms with Gasteiger partial charge in [-0.25, -0.2) is 0 Å². The summed E-state index contributed by atoms with van der Waals surface area (Å²) in [5.41, 5.74) is 7.99. The van der Waals surface area contributed by atoms with E-state index in [4.69, 9.17) is 10.5 Å². The molecule has 0 aliphatic carbocycles. The standard InChI is InChI=1S/C12H19NO.2C2H6/c1-2-11-5-3-6-12(9-11)10-14-8-4-7-13;2*1-2/h3,5-6,9H,2,4,7-8,10,13H2,1H3;2*1-2H3. The van der Waals surface area contributed by atoms with E-state index in [0.29, 0.717) is 13.2 Å². The highest BCUT2D eigenvalue weighted by atomic mass is 16.5. The number of hydrogen-bond acceptors (Lipinski definition) is 2. The van der Waals surface area contributed by atoms with E-state index in [2.05, 4.69) is 31.2 Å². The lowest BCUT2D eigenvalue weighted by Crippen LogP contribution is -2.04. The molecule has 0 radical (unpaired) electrons. The van der Waals surface area contributed by atoms with Crippen LogP contribution in [0.15, 0.2) is 24.3 Å². The maximum atomic E-state index is 5.48. The maximum Gasteiger partial charge on any atom is 0.0716 e. The Morgan fingerprint density at radius 1 is 1.06 bits per heavy atom. The minimum Gasteiger partial charge on any atom is -0.377 e.